The topological polar surface area (TPSA) is 102 Å². The monoisotopic (exact) mass is 374 g/mol. The van der Waals surface area contributed by atoms with Gasteiger partial charge >= 0.3 is 0 Å². The van der Waals surface area contributed by atoms with Crippen molar-refractivity contribution in [3.8, 4) is 16.7 Å². The minimum absolute atomic E-state index is 0.226. The van der Waals surface area contributed by atoms with Crippen molar-refractivity contribution in [1.82, 2.24) is 15.4 Å². The van der Waals surface area contributed by atoms with Crippen molar-refractivity contribution < 1.29 is 14.4 Å². The van der Waals surface area contributed by atoms with Crippen molar-refractivity contribution >= 4 is 17.2 Å². The number of hydrogen-bond donors (Lipinski definition) is 2. The van der Waals surface area contributed by atoms with Gasteiger partial charge in [-0.05, 0) is 30.8 Å². The molecule has 3 rings (SSSR count). The number of rotatable bonds is 8. The molecule has 0 bridgehead atoms. The van der Waals surface area contributed by atoms with Crippen molar-refractivity contribution in [1.29, 1.82) is 5.26 Å². The van der Waals surface area contributed by atoms with Crippen LogP contribution in [0.15, 0.2) is 28.1 Å². The number of likely N-dealkylation sites (tertiary alicyclic amines) is 1. The van der Waals surface area contributed by atoms with Gasteiger partial charge in [-0.2, -0.15) is 5.26 Å². The average Bonchev–Trinajstić information content (AvgIpc) is 3.37. The van der Waals surface area contributed by atoms with Gasteiger partial charge in [-0.15, -0.1) is 11.3 Å². The standard InChI is InChI=1S/C18H22N4O3S/c19-10-13-11-22(12-15(13)23)7-3-1-2-6-20-18(24)14-9-16(25-21-14)17-5-4-8-26-17/h4-5,8-9,13,15,23H,1-3,6-7,11-12H2,(H,20,24)/t13-,15+/m1/s1. The van der Waals surface area contributed by atoms with Crippen LogP contribution >= 0.6 is 11.3 Å². The summed E-state index contributed by atoms with van der Waals surface area (Å²) >= 11 is 1.54. The quantitative estimate of drug-likeness (QED) is 0.686. The van der Waals surface area contributed by atoms with E-state index in [9.17, 15) is 9.90 Å². The van der Waals surface area contributed by atoms with E-state index in [1.807, 2.05) is 17.5 Å². The van der Waals surface area contributed by atoms with E-state index in [1.54, 1.807) is 6.07 Å². The third-order valence-corrected chi connectivity index (χ3v) is 5.36. The normalized spacial score (nSPS) is 20.2. The summed E-state index contributed by atoms with van der Waals surface area (Å²) < 4.78 is 5.21. The Morgan fingerprint density at radius 2 is 2.35 bits per heavy atom. The summed E-state index contributed by atoms with van der Waals surface area (Å²) in [7, 11) is 0. The lowest BCUT2D eigenvalue weighted by Gasteiger charge is -2.14. The van der Waals surface area contributed by atoms with Crippen LogP contribution in [0.5, 0.6) is 0 Å². The fourth-order valence-electron chi connectivity index (χ4n) is 3.02. The molecule has 1 aliphatic heterocycles. The molecule has 1 saturated heterocycles. The molecular weight excluding hydrogens is 352 g/mol. The molecule has 138 valence electrons. The zero-order valence-electron chi connectivity index (χ0n) is 14.4. The number of β-amino-alcohol motifs (C(OH)–C–C–N with tert-alkyl or cyclic N) is 1. The van der Waals surface area contributed by atoms with Crippen LogP contribution in [-0.2, 0) is 0 Å². The van der Waals surface area contributed by atoms with Crippen LogP contribution in [0.3, 0.4) is 0 Å². The number of thiophene rings is 1. The highest BCUT2D eigenvalue weighted by atomic mass is 32.1. The Hall–Kier alpha value is -2.21. The maximum Gasteiger partial charge on any atom is 0.273 e. The number of unbranched alkanes of at least 4 members (excludes halogenated alkanes) is 2. The molecule has 3 heterocycles. The zero-order valence-corrected chi connectivity index (χ0v) is 15.2. The van der Waals surface area contributed by atoms with Crippen LogP contribution in [0.25, 0.3) is 10.6 Å². The van der Waals surface area contributed by atoms with Gasteiger partial charge in [-0.1, -0.05) is 17.6 Å². The second-order valence-electron chi connectivity index (χ2n) is 6.43. The number of nitriles is 1. The van der Waals surface area contributed by atoms with E-state index < -0.39 is 6.10 Å². The van der Waals surface area contributed by atoms with Crippen molar-refractivity contribution in [2.24, 2.45) is 5.92 Å². The van der Waals surface area contributed by atoms with Gasteiger partial charge in [0.05, 0.1) is 23.0 Å². The molecule has 2 aromatic rings. The Bertz CT molecular complexity index is 753. The summed E-state index contributed by atoms with van der Waals surface area (Å²) in [6.07, 6.45) is 2.30. The van der Waals surface area contributed by atoms with Crippen molar-refractivity contribution in [3.63, 3.8) is 0 Å². The Morgan fingerprint density at radius 3 is 3.08 bits per heavy atom. The molecule has 1 aliphatic rings. The summed E-state index contributed by atoms with van der Waals surface area (Å²) in [4.78, 5) is 15.1. The molecule has 2 N–H and O–H groups in total. The van der Waals surface area contributed by atoms with Gasteiger partial charge in [0.15, 0.2) is 11.5 Å². The van der Waals surface area contributed by atoms with Gasteiger partial charge < -0.3 is 14.9 Å². The molecule has 0 radical (unpaired) electrons. The van der Waals surface area contributed by atoms with Gasteiger partial charge in [-0.25, -0.2) is 0 Å². The lowest BCUT2D eigenvalue weighted by molar-refractivity contribution is 0.0943. The Labute approximate surface area is 156 Å². The first-order valence-corrected chi connectivity index (χ1v) is 9.64. The maximum absolute atomic E-state index is 12.1. The molecule has 0 spiro atoms. The van der Waals surface area contributed by atoms with Crippen molar-refractivity contribution in [2.45, 2.75) is 25.4 Å². The Kier molecular flexibility index (Phi) is 6.39. The van der Waals surface area contributed by atoms with E-state index in [0.717, 1.165) is 30.7 Å². The second-order valence-corrected chi connectivity index (χ2v) is 7.38. The van der Waals surface area contributed by atoms with E-state index >= 15 is 0 Å². The van der Waals surface area contributed by atoms with Crippen molar-refractivity contribution in [3.05, 3.63) is 29.3 Å². The van der Waals surface area contributed by atoms with Crippen LogP contribution in [-0.4, -0.2) is 53.4 Å². The summed E-state index contributed by atoms with van der Waals surface area (Å²) in [5, 5.41) is 27.2. The molecule has 1 fully saturated rings. The number of aromatic nitrogens is 1. The predicted octanol–water partition coefficient (Wildman–Crippen LogP) is 2.12. The molecule has 8 heteroatoms. The molecular formula is C18H22N4O3S. The van der Waals surface area contributed by atoms with Crippen LogP contribution in [0.2, 0.25) is 0 Å². The summed E-state index contributed by atoms with van der Waals surface area (Å²) in [5.74, 6) is 0.112. The van der Waals surface area contributed by atoms with Crippen LogP contribution < -0.4 is 5.32 Å². The summed E-state index contributed by atoms with van der Waals surface area (Å²) in [5.41, 5.74) is 0.294. The Morgan fingerprint density at radius 1 is 1.46 bits per heavy atom. The van der Waals surface area contributed by atoms with Crippen LogP contribution in [0.4, 0.5) is 0 Å². The third kappa shape index (κ3) is 4.69. The number of hydrogen-bond acceptors (Lipinski definition) is 7. The first kappa shape index (κ1) is 18.6. The largest absolute Gasteiger partial charge is 0.390 e. The molecule has 26 heavy (non-hydrogen) atoms. The number of aliphatic hydroxyl groups is 1. The fourth-order valence-corrected chi connectivity index (χ4v) is 3.70. The molecule has 1 amide bonds. The zero-order chi connectivity index (χ0) is 18.4. The molecule has 2 aromatic heterocycles. The van der Waals surface area contributed by atoms with Gasteiger partial charge in [0.25, 0.3) is 5.91 Å². The predicted molar refractivity (Wildman–Crippen MR) is 97.6 cm³/mol. The fraction of sp³-hybridized carbons (Fsp3) is 0.500. The number of aliphatic hydroxyl groups excluding tert-OH is 1. The third-order valence-electron chi connectivity index (χ3n) is 4.47. The number of nitrogens with one attached hydrogen (secondary N) is 1. The highest BCUT2D eigenvalue weighted by Crippen LogP contribution is 2.25. The molecule has 0 aliphatic carbocycles. The summed E-state index contributed by atoms with van der Waals surface area (Å²) in [6, 6.07) is 7.64. The smallest absolute Gasteiger partial charge is 0.273 e. The van der Waals surface area contributed by atoms with Crippen LogP contribution in [0.1, 0.15) is 29.8 Å². The number of carbonyl (C=O) groups excluding carboxylic acids is 1. The van der Waals surface area contributed by atoms with E-state index in [1.165, 1.54) is 11.3 Å². The molecule has 0 saturated carbocycles. The molecule has 7 nitrogen and oxygen atoms in total. The Balaban J connectivity index is 1.31. The SMILES string of the molecule is N#C[C@@H]1CN(CCCCCNC(=O)c2cc(-c3cccs3)on2)C[C@@H]1O. The number of amides is 1. The van der Waals surface area contributed by atoms with Gasteiger partial charge in [0.2, 0.25) is 0 Å². The average molecular weight is 374 g/mol. The lowest BCUT2D eigenvalue weighted by Crippen LogP contribution is -2.25. The van der Waals surface area contributed by atoms with E-state index in [0.29, 0.717) is 31.1 Å². The highest BCUT2D eigenvalue weighted by molar-refractivity contribution is 7.13. The minimum Gasteiger partial charge on any atom is -0.390 e. The lowest BCUT2D eigenvalue weighted by atomic mass is 10.1. The van der Waals surface area contributed by atoms with E-state index in [-0.39, 0.29) is 11.8 Å². The van der Waals surface area contributed by atoms with Crippen molar-refractivity contribution in [2.75, 3.05) is 26.2 Å². The minimum atomic E-state index is -0.527. The van der Waals surface area contributed by atoms with Gasteiger partial charge in [0, 0.05) is 25.7 Å². The highest BCUT2D eigenvalue weighted by Gasteiger charge is 2.30. The first-order chi connectivity index (χ1) is 12.7. The number of carbonyl (C=O) groups is 1. The van der Waals surface area contributed by atoms with E-state index in [2.05, 4.69) is 21.4 Å². The van der Waals surface area contributed by atoms with E-state index in [4.69, 9.17) is 9.78 Å². The summed E-state index contributed by atoms with van der Waals surface area (Å²) in [6.45, 7) is 2.68. The second kappa shape index (κ2) is 8.94. The maximum atomic E-state index is 12.1. The first-order valence-electron chi connectivity index (χ1n) is 8.76. The molecule has 0 aromatic carbocycles. The molecule has 0 unspecified atom stereocenters. The molecule has 2 atom stereocenters. The van der Waals surface area contributed by atoms with Gasteiger partial charge in [0.1, 0.15) is 0 Å². The van der Waals surface area contributed by atoms with Crippen LogP contribution in [0, 0.1) is 17.2 Å². The van der Waals surface area contributed by atoms with Gasteiger partial charge in [-0.3, -0.25) is 9.69 Å². The number of nitrogens with zero attached hydrogens (tertiary/aromatic N) is 3.